The zero-order valence-corrected chi connectivity index (χ0v) is 34.5. The first-order chi connectivity index (χ1) is 29.3. The second-order valence-electron chi connectivity index (χ2n) is 14.4. The molecule has 10 aromatic rings. The van der Waals surface area contributed by atoms with Gasteiger partial charge >= 0.3 is 0 Å². The average Bonchev–Trinajstić information content (AvgIpc) is 4.01. The van der Waals surface area contributed by atoms with Crippen LogP contribution in [0.4, 0.5) is 22.7 Å². The Balaban J connectivity index is 0.00000433. The van der Waals surface area contributed by atoms with E-state index in [1.165, 1.54) is 0 Å². The fraction of sp³-hybridized carbons (Fsp3) is 0. The van der Waals surface area contributed by atoms with E-state index in [1.54, 1.807) is 0 Å². The van der Waals surface area contributed by atoms with Gasteiger partial charge in [-0.15, -0.1) is 65.8 Å². The third-order valence-electron chi connectivity index (χ3n) is 10.9. The van der Waals surface area contributed by atoms with E-state index in [0.717, 1.165) is 89.7 Å². The number of rotatable bonds is 8. The molecule has 11 rings (SSSR count). The fourth-order valence-electron chi connectivity index (χ4n) is 8.25. The number of imidazole rings is 1. The van der Waals surface area contributed by atoms with Crippen LogP contribution in [0, 0.1) is 18.8 Å². The summed E-state index contributed by atoms with van der Waals surface area (Å²) < 4.78 is 4.32. The van der Waals surface area contributed by atoms with E-state index >= 15 is 0 Å². The van der Waals surface area contributed by atoms with Crippen LogP contribution in [0.3, 0.4) is 0 Å². The second-order valence-corrected chi connectivity index (χ2v) is 14.4. The Kier molecular flexibility index (Phi) is 9.76. The van der Waals surface area contributed by atoms with Crippen LogP contribution in [0.1, 0.15) is 22.3 Å². The molecule has 0 amide bonds. The molecular formula is C53H35N6Pt-3. The van der Waals surface area contributed by atoms with Crippen molar-refractivity contribution in [2.24, 2.45) is 0 Å². The van der Waals surface area contributed by atoms with Crippen LogP contribution in [-0.4, -0.2) is 19.1 Å². The van der Waals surface area contributed by atoms with E-state index in [1.807, 2.05) is 55.0 Å². The van der Waals surface area contributed by atoms with E-state index in [4.69, 9.17) is 9.97 Å². The second kappa shape index (κ2) is 15.8. The van der Waals surface area contributed by atoms with Crippen LogP contribution in [-0.2, 0) is 21.1 Å². The van der Waals surface area contributed by atoms with Gasteiger partial charge in [0.05, 0.1) is 5.52 Å². The topological polar surface area (TPSA) is 42.1 Å². The van der Waals surface area contributed by atoms with Gasteiger partial charge < -0.3 is 9.80 Å². The molecule has 0 atom stereocenters. The summed E-state index contributed by atoms with van der Waals surface area (Å²) >= 11 is 0. The van der Waals surface area contributed by atoms with Gasteiger partial charge in [0.2, 0.25) is 0 Å². The molecule has 0 N–H and O–H groups in total. The molecule has 0 unspecified atom stereocenters. The van der Waals surface area contributed by atoms with Crippen LogP contribution in [0.5, 0.6) is 0 Å². The molecule has 1 aliphatic rings. The van der Waals surface area contributed by atoms with E-state index in [0.29, 0.717) is 0 Å². The predicted molar refractivity (Wildman–Crippen MR) is 239 cm³/mol. The summed E-state index contributed by atoms with van der Waals surface area (Å²) in [4.78, 5) is 14.3. The zero-order valence-electron chi connectivity index (χ0n) is 32.2. The molecule has 0 fully saturated rings. The monoisotopic (exact) mass is 950 g/mol. The van der Waals surface area contributed by atoms with Gasteiger partial charge in [0.15, 0.2) is 0 Å². The van der Waals surface area contributed by atoms with Crippen molar-refractivity contribution >= 4 is 56.0 Å². The van der Waals surface area contributed by atoms with E-state index in [2.05, 4.69) is 189 Å². The summed E-state index contributed by atoms with van der Waals surface area (Å²) in [6.45, 7) is 2.16. The largest absolute Gasteiger partial charge is 0.488 e. The summed E-state index contributed by atoms with van der Waals surface area (Å²) in [6, 6.07) is 75.3. The van der Waals surface area contributed by atoms with Crippen LogP contribution in [0.25, 0.3) is 44.7 Å². The number of pyridine rings is 1. The molecule has 6 nitrogen and oxygen atoms in total. The Hall–Kier alpha value is -7.27. The SMILES string of the molecule is [Pt].[c-]1c(C(=C(c2ccccc2)c2ccccc2)c2[c-]c3c(cc2)c2ncn(-c4ccccc4)c2n3-c2ccccn2)cccc1N1[CH-]N(c2ccccc2)c2ccccc21. The van der Waals surface area contributed by atoms with Crippen LogP contribution in [0.2, 0.25) is 0 Å². The number of para-hydroxylation sites is 4. The van der Waals surface area contributed by atoms with Gasteiger partial charge in [-0.3, -0.25) is 9.13 Å². The molecule has 60 heavy (non-hydrogen) atoms. The van der Waals surface area contributed by atoms with Gasteiger partial charge in [0, 0.05) is 50.0 Å². The maximum atomic E-state index is 5.00. The molecular weight excluding hydrogens is 916 g/mol. The summed E-state index contributed by atoms with van der Waals surface area (Å²) in [5.74, 6) is 0.787. The Labute approximate surface area is 363 Å². The number of benzene rings is 7. The van der Waals surface area contributed by atoms with Crippen molar-refractivity contribution < 1.29 is 21.1 Å². The molecule has 0 saturated heterocycles. The third-order valence-corrected chi connectivity index (χ3v) is 10.9. The zero-order chi connectivity index (χ0) is 39.1. The van der Waals surface area contributed by atoms with Crippen molar-refractivity contribution in [3.05, 3.63) is 248 Å². The molecule has 7 heteroatoms. The number of anilines is 4. The molecule has 290 valence electrons. The molecule has 0 aliphatic carbocycles. The van der Waals surface area contributed by atoms with E-state index in [9.17, 15) is 0 Å². The average molecular weight is 951 g/mol. The quantitative estimate of drug-likeness (QED) is 0.112. The first-order valence-electron chi connectivity index (χ1n) is 19.7. The van der Waals surface area contributed by atoms with E-state index < -0.39 is 0 Å². The molecule has 0 radical (unpaired) electrons. The minimum Gasteiger partial charge on any atom is -0.488 e. The number of hydrogen-bond acceptors (Lipinski definition) is 4. The van der Waals surface area contributed by atoms with Crippen LogP contribution < -0.4 is 9.80 Å². The Bertz CT molecular complexity index is 3080. The van der Waals surface area contributed by atoms with Gasteiger partial charge in [0.1, 0.15) is 17.8 Å². The summed E-state index contributed by atoms with van der Waals surface area (Å²) in [5, 5.41) is 0.992. The number of fused-ring (bicyclic) bond motifs is 4. The smallest absolute Gasteiger partial charge is 0.140 e. The Morgan fingerprint density at radius 2 is 1.08 bits per heavy atom. The summed E-state index contributed by atoms with van der Waals surface area (Å²) in [7, 11) is 0. The third kappa shape index (κ3) is 6.43. The minimum absolute atomic E-state index is 0. The van der Waals surface area contributed by atoms with Crippen LogP contribution >= 0.6 is 0 Å². The van der Waals surface area contributed by atoms with Crippen molar-refractivity contribution in [1.82, 2.24) is 19.1 Å². The first kappa shape index (κ1) is 37.0. The maximum Gasteiger partial charge on any atom is 0.140 e. The molecule has 0 bridgehead atoms. The normalized spacial score (nSPS) is 12.1. The van der Waals surface area contributed by atoms with Gasteiger partial charge in [0.25, 0.3) is 0 Å². The van der Waals surface area contributed by atoms with Crippen molar-refractivity contribution in [3.63, 3.8) is 0 Å². The van der Waals surface area contributed by atoms with Gasteiger partial charge in [-0.25, -0.2) is 9.97 Å². The number of hydrogen-bond donors (Lipinski definition) is 0. The van der Waals surface area contributed by atoms with Crippen molar-refractivity contribution in [3.8, 4) is 11.5 Å². The Morgan fingerprint density at radius 3 is 1.75 bits per heavy atom. The summed E-state index contributed by atoms with van der Waals surface area (Å²) in [6.07, 6.45) is 3.73. The number of aromatic nitrogens is 4. The fourth-order valence-corrected chi connectivity index (χ4v) is 8.25. The first-order valence-corrected chi connectivity index (χ1v) is 19.7. The van der Waals surface area contributed by atoms with Gasteiger partial charge in [-0.2, -0.15) is 0 Å². The predicted octanol–water partition coefficient (Wildman–Crippen LogP) is 12.4. The van der Waals surface area contributed by atoms with Crippen molar-refractivity contribution in [2.75, 3.05) is 9.80 Å². The molecule has 0 spiro atoms. The minimum atomic E-state index is 0. The molecule has 3 aromatic heterocycles. The number of nitrogens with zero attached hydrogens (tertiary/aromatic N) is 6. The van der Waals surface area contributed by atoms with E-state index in [-0.39, 0.29) is 21.1 Å². The van der Waals surface area contributed by atoms with Crippen molar-refractivity contribution in [2.45, 2.75) is 0 Å². The Morgan fingerprint density at radius 1 is 0.483 bits per heavy atom. The molecule has 1 aliphatic heterocycles. The summed E-state index contributed by atoms with van der Waals surface area (Å²) in [5.41, 5.74) is 14.1. The maximum absolute atomic E-state index is 5.00. The van der Waals surface area contributed by atoms with Gasteiger partial charge in [-0.1, -0.05) is 126 Å². The standard InChI is InChI=1S/C53H35N6.Pt/c1-5-18-38(19-6-1)50(39-20-7-2-8-21-39)51(40-22-17-27-44(34-40)58-37-57(43-25-11-4-12-26-43)46-28-13-14-29-47(46)58)41-31-32-45-48(35-41)59(49-30-15-16-33-54-49)53-52(45)55-36-56(53)42-23-9-3-10-24-42;/h1-33,36-37H;/q-3;. The van der Waals surface area contributed by atoms with Crippen molar-refractivity contribution in [1.29, 1.82) is 0 Å². The molecule has 0 saturated carbocycles. The molecule has 7 aromatic carbocycles. The van der Waals surface area contributed by atoms with Crippen LogP contribution in [0.15, 0.2) is 207 Å². The molecule has 4 heterocycles. The van der Waals surface area contributed by atoms with Gasteiger partial charge in [-0.05, 0) is 70.7 Å².